The summed E-state index contributed by atoms with van der Waals surface area (Å²) in [6.45, 7) is 2.25. The predicted molar refractivity (Wildman–Crippen MR) is 150 cm³/mol. The number of fused-ring (bicyclic) bond motifs is 2. The fourth-order valence-electron chi connectivity index (χ4n) is 7.23. The number of benzene rings is 1. The lowest BCUT2D eigenvalue weighted by Crippen LogP contribution is -2.59. The number of carbonyl (C=O) groups is 1. The summed E-state index contributed by atoms with van der Waals surface area (Å²) in [4.78, 5) is 49.0. The van der Waals surface area contributed by atoms with E-state index < -0.39 is 35.5 Å². The van der Waals surface area contributed by atoms with E-state index in [9.17, 15) is 31.9 Å². The number of hydroxylamine groups is 1. The van der Waals surface area contributed by atoms with Crippen LogP contribution in [0.1, 0.15) is 44.1 Å². The number of nitrogens with zero attached hydrogens (tertiary/aromatic N) is 5. The van der Waals surface area contributed by atoms with Gasteiger partial charge in [-0.2, -0.15) is 13.2 Å². The first kappa shape index (κ1) is 29.7. The number of anilines is 2. The highest BCUT2D eigenvalue weighted by Crippen LogP contribution is 2.43. The van der Waals surface area contributed by atoms with Gasteiger partial charge in [-0.1, -0.05) is 31.4 Å². The van der Waals surface area contributed by atoms with E-state index in [1.807, 2.05) is 4.90 Å². The smallest absolute Gasteiger partial charge is 0.328 e. The quantitative estimate of drug-likeness (QED) is 0.480. The standard InChI is InChI=1S/C29H36F4N6O4/c1-35-24-23(25(40)37(28(35)42)13-11-18-7-9-21(30)10-8-18)38(17-19-5-3-2-4-6-19)27(39(24)43-26(41)29(31,32)33)36-14-12-20-15-34-16-22(20)36/h7-10,19-20,22,27,34H,2-6,11-17H2,1H3. The lowest BCUT2D eigenvalue weighted by molar-refractivity contribution is -0.203. The molecule has 3 fully saturated rings. The van der Waals surface area contributed by atoms with Crippen molar-refractivity contribution >= 4 is 17.5 Å². The molecule has 3 aliphatic heterocycles. The zero-order chi connectivity index (χ0) is 30.5. The van der Waals surface area contributed by atoms with E-state index in [0.717, 1.165) is 59.3 Å². The largest absolute Gasteiger partial charge is 0.493 e. The summed E-state index contributed by atoms with van der Waals surface area (Å²) < 4.78 is 56.3. The topological polar surface area (TPSA) is 92.1 Å². The Kier molecular flexibility index (Phi) is 8.01. The molecule has 2 saturated heterocycles. The molecule has 0 radical (unpaired) electrons. The van der Waals surface area contributed by atoms with Crippen molar-refractivity contribution < 1.29 is 27.2 Å². The minimum Gasteiger partial charge on any atom is -0.328 e. The summed E-state index contributed by atoms with van der Waals surface area (Å²) in [5.74, 6) is -2.56. The molecule has 4 aliphatic rings. The molecule has 1 aliphatic carbocycles. The van der Waals surface area contributed by atoms with Crippen molar-refractivity contribution in [3.8, 4) is 0 Å². The van der Waals surface area contributed by atoms with Gasteiger partial charge in [0.05, 0.1) is 0 Å². The molecule has 0 spiro atoms. The molecule has 3 atom stereocenters. The third-order valence-corrected chi connectivity index (χ3v) is 9.39. The van der Waals surface area contributed by atoms with Crippen LogP contribution in [-0.2, 0) is 29.6 Å². The number of aryl methyl sites for hydroxylation is 1. The Hall–Kier alpha value is -3.39. The summed E-state index contributed by atoms with van der Waals surface area (Å²) in [6, 6.07) is 5.69. The maximum absolute atomic E-state index is 14.2. The maximum atomic E-state index is 14.2. The lowest BCUT2D eigenvalue weighted by atomic mass is 9.89. The van der Waals surface area contributed by atoms with Crippen LogP contribution in [0.25, 0.3) is 0 Å². The molecule has 1 aromatic heterocycles. The molecule has 234 valence electrons. The molecular formula is C29H36F4N6O4. The molecule has 0 amide bonds. The number of likely N-dealkylation sites (tertiary alicyclic amines) is 1. The van der Waals surface area contributed by atoms with Crippen LogP contribution >= 0.6 is 0 Å². The Morgan fingerprint density at radius 1 is 1.05 bits per heavy atom. The first-order valence-corrected chi connectivity index (χ1v) is 14.9. The van der Waals surface area contributed by atoms with Gasteiger partial charge in [-0.25, -0.2) is 14.0 Å². The van der Waals surface area contributed by atoms with Crippen LogP contribution in [0.3, 0.4) is 0 Å². The highest BCUT2D eigenvalue weighted by Gasteiger charge is 2.54. The van der Waals surface area contributed by atoms with Crippen LogP contribution in [0.2, 0.25) is 0 Å². The van der Waals surface area contributed by atoms with Crippen LogP contribution in [0, 0.1) is 17.7 Å². The van der Waals surface area contributed by atoms with Crippen molar-refractivity contribution in [1.29, 1.82) is 0 Å². The van der Waals surface area contributed by atoms with Crippen LogP contribution < -0.4 is 26.5 Å². The van der Waals surface area contributed by atoms with Crippen molar-refractivity contribution in [2.45, 2.75) is 70.0 Å². The monoisotopic (exact) mass is 608 g/mol. The summed E-state index contributed by atoms with van der Waals surface area (Å²) in [7, 11) is 1.37. The van der Waals surface area contributed by atoms with Gasteiger partial charge in [0.25, 0.3) is 5.56 Å². The SMILES string of the molecule is Cn1c2c(c(=O)n(CCc3ccc(F)cc3)c1=O)N(CC1CCCCC1)C(N1CCC3CNCC31)N2OC(=O)C(F)(F)F. The lowest BCUT2D eigenvalue weighted by Gasteiger charge is -2.41. The summed E-state index contributed by atoms with van der Waals surface area (Å²) in [6.07, 6.45) is -0.335. The molecule has 43 heavy (non-hydrogen) atoms. The van der Waals surface area contributed by atoms with E-state index in [-0.39, 0.29) is 42.3 Å². The molecule has 1 N–H and O–H groups in total. The van der Waals surface area contributed by atoms with Crippen LogP contribution in [-0.4, -0.2) is 64.7 Å². The highest BCUT2D eigenvalue weighted by molar-refractivity contribution is 5.80. The van der Waals surface area contributed by atoms with Crippen molar-refractivity contribution in [2.24, 2.45) is 18.9 Å². The van der Waals surface area contributed by atoms with Crippen molar-refractivity contribution in [3.05, 3.63) is 56.5 Å². The normalized spacial score (nSPS) is 24.4. The minimum atomic E-state index is -5.28. The molecule has 1 saturated carbocycles. The number of rotatable bonds is 7. The van der Waals surface area contributed by atoms with E-state index in [0.29, 0.717) is 25.2 Å². The zero-order valence-corrected chi connectivity index (χ0v) is 24.0. The molecule has 1 aromatic carbocycles. The third-order valence-electron chi connectivity index (χ3n) is 9.39. The van der Waals surface area contributed by atoms with Crippen molar-refractivity contribution in [3.63, 3.8) is 0 Å². The zero-order valence-electron chi connectivity index (χ0n) is 24.0. The fourth-order valence-corrected chi connectivity index (χ4v) is 7.23. The Bertz CT molecular complexity index is 1470. The molecular weight excluding hydrogens is 572 g/mol. The second kappa shape index (κ2) is 11.6. The molecule has 3 unspecified atom stereocenters. The number of alkyl halides is 3. The number of hydrogen-bond donors (Lipinski definition) is 1. The van der Waals surface area contributed by atoms with Crippen LogP contribution in [0.15, 0.2) is 33.9 Å². The van der Waals surface area contributed by atoms with E-state index in [1.165, 1.54) is 19.2 Å². The second-order valence-electron chi connectivity index (χ2n) is 12.1. The van der Waals surface area contributed by atoms with Gasteiger partial charge >= 0.3 is 17.8 Å². The van der Waals surface area contributed by atoms with E-state index in [2.05, 4.69) is 5.32 Å². The van der Waals surface area contributed by atoms with Crippen molar-refractivity contribution in [1.82, 2.24) is 19.4 Å². The van der Waals surface area contributed by atoms with Gasteiger partial charge in [0, 0.05) is 39.3 Å². The Balaban J connectivity index is 1.46. The first-order chi connectivity index (χ1) is 20.5. The van der Waals surface area contributed by atoms with Gasteiger partial charge in [-0.15, -0.1) is 5.06 Å². The van der Waals surface area contributed by atoms with Crippen molar-refractivity contribution in [2.75, 3.05) is 36.1 Å². The number of aromatic nitrogens is 2. The van der Waals surface area contributed by atoms with Crippen LogP contribution in [0.5, 0.6) is 0 Å². The average Bonchev–Trinajstić information content (AvgIpc) is 3.67. The molecule has 4 heterocycles. The Morgan fingerprint density at radius 3 is 2.47 bits per heavy atom. The molecule has 14 heteroatoms. The summed E-state index contributed by atoms with van der Waals surface area (Å²) in [5, 5.41) is 4.19. The number of halogens is 4. The van der Waals surface area contributed by atoms with Gasteiger partial charge < -0.3 is 15.1 Å². The number of hydrogen-bond acceptors (Lipinski definition) is 8. The molecule has 2 aromatic rings. The van der Waals surface area contributed by atoms with Gasteiger partial charge in [0.15, 0.2) is 17.8 Å². The molecule has 0 bridgehead atoms. The Labute approximate surface area is 245 Å². The number of nitrogens with one attached hydrogen (secondary N) is 1. The third kappa shape index (κ3) is 5.54. The molecule has 6 rings (SSSR count). The van der Waals surface area contributed by atoms with Gasteiger partial charge in [-0.05, 0) is 61.8 Å². The van der Waals surface area contributed by atoms with E-state index in [4.69, 9.17) is 4.84 Å². The first-order valence-electron chi connectivity index (χ1n) is 14.9. The summed E-state index contributed by atoms with van der Waals surface area (Å²) in [5.41, 5.74) is -0.655. The van der Waals surface area contributed by atoms with Gasteiger partial charge in [0.1, 0.15) is 5.82 Å². The Morgan fingerprint density at radius 2 is 1.77 bits per heavy atom. The summed E-state index contributed by atoms with van der Waals surface area (Å²) >= 11 is 0. The second-order valence-corrected chi connectivity index (χ2v) is 12.1. The average molecular weight is 609 g/mol. The number of carbonyl (C=O) groups excluding carboxylic acids is 1. The van der Waals surface area contributed by atoms with Crippen LogP contribution in [0.4, 0.5) is 29.1 Å². The highest BCUT2D eigenvalue weighted by atomic mass is 19.4. The van der Waals surface area contributed by atoms with Gasteiger partial charge in [-0.3, -0.25) is 18.8 Å². The molecule has 10 nitrogen and oxygen atoms in total. The van der Waals surface area contributed by atoms with E-state index in [1.54, 1.807) is 17.0 Å². The van der Waals surface area contributed by atoms with E-state index >= 15 is 0 Å². The predicted octanol–water partition coefficient (Wildman–Crippen LogP) is 2.73. The van der Waals surface area contributed by atoms with Gasteiger partial charge in [0.2, 0.25) is 0 Å². The fraction of sp³-hybridized carbons (Fsp3) is 0.621. The minimum absolute atomic E-state index is 0.0208. The maximum Gasteiger partial charge on any atom is 0.493 e.